The van der Waals surface area contributed by atoms with Crippen LogP contribution in [0.5, 0.6) is 0 Å². The molecule has 2 saturated heterocycles. The fourth-order valence-corrected chi connectivity index (χ4v) is 4.82. The zero-order valence-corrected chi connectivity index (χ0v) is 17.1. The van der Waals surface area contributed by atoms with Crippen molar-refractivity contribution in [1.82, 2.24) is 14.8 Å². The molecule has 4 nitrogen and oxygen atoms in total. The van der Waals surface area contributed by atoms with Crippen LogP contribution in [0.2, 0.25) is 5.02 Å². The Hall–Kier alpha value is -1.91. The first kappa shape index (κ1) is 19.4. The summed E-state index contributed by atoms with van der Waals surface area (Å²) in [6.07, 6.45) is 8.65. The second-order valence-corrected chi connectivity index (χ2v) is 8.76. The Balaban J connectivity index is 1.32. The van der Waals surface area contributed by atoms with Crippen molar-refractivity contribution >= 4 is 17.5 Å². The molecule has 1 spiro atoms. The van der Waals surface area contributed by atoms with E-state index in [9.17, 15) is 4.79 Å². The number of benzene rings is 1. The Morgan fingerprint density at radius 1 is 1.04 bits per heavy atom. The van der Waals surface area contributed by atoms with E-state index in [1.54, 1.807) is 0 Å². The van der Waals surface area contributed by atoms with E-state index in [1.807, 2.05) is 36.7 Å². The number of aromatic nitrogens is 1. The van der Waals surface area contributed by atoms with Crippen LogP contribution in [0.3, 0.4) is 0 Å². The molecular formula is C23H28ClN3O. The summed E-state index contributed by atoms with van der Waals surface area (Å²) < 4.78 is 0. The molecule has 2 fully saturated rings. The third kappa shape index (κ3) is 4.73. The van der Waals surface area contributed by atoms with Crippen molar-refractivity contribution in [2.45, 2.75) is 38.6 Å². The fraction of sp³-hybridized carbons (Fsp3) is 0.478. The van der Waals surface area contributed by atoms with Crippen LogP contribution < -0.4 is 0 Å². The van der Waals surface area contributed by atoms with E-state index < -0.39 is 0 Å². The molecule has 2 aliphatic rings. The van der Waals surface area contributed by atoms with E-state index in [2.05, 4.69) is 26.9 Å². The highest BCUT2D eigenvalue weighted by Gasteiger charge is 2.40. The van der Waals surface area contributed by atoms with Gasteiger partial charge in [-0.1, -0.05) is 23.7 Å². The minimum atomic E-state index is 0.303. The average molecular weight is 398 g/mol. The molecule has 0 atom stereocenters. The minimum Gasteiger partial charge on any atom is -0.342 e. The van der Waals surface area contributed by atoms with Gasteiger partial charge in [-0.15, -0.1) is 0 Å². The lowest BCUT2D eigenvalue weighted by Crippen LogP contribution is -2.51. The summed E-state index contributed by atoms with van der Waals surface area (Å²) in [6.45, 7) is 4.89. The van der Waals surface area contributed by atoms with Gasteiger partial charge >= 0.3 is 0 Å². The molecule has 2 aliphatic heterocycles. The van der Waals surface area contributed by atoms with Gasteiger partial charge in [-0.2, -0.15) is 0 Å². The maximum Gasteiger partial charge on any atom is 0.222 e. The van der Waals surface area contributed by atoms with E-state index in [4.69, 9.17) is 11.6 Å². The number of likely N-dealkylation sites (tertiary alicyclic amines) is 2. The minimum absolute atomic E-state index is 0.303. The van der Waals surface area contributed by atoms with E-state index in [1.165, 1.54) is 24.0 Å². The van der Waals surface area contributed by atoms with E-state index in [0.717, 1.165) is 50.6 Å². The smallest absolute Gasteiger partial charge is 0.222 e. The van der Waals surface area contributed by atoms with Crippen LogP contribution in [-0.2, 0) is 17.8 Å². The molecule has 148 valence electrons. The average Bonchev–Trinajstić information content (AvgIpc) is 2.72. The molecule has 0 aliphatic carbocycles. The van der Waals surface area contributed by atoms with Gasteiger partial charge in [0, 0.05) is 43.5 Å². The zero-order chi connectivity index (χ0) is 19.4. The van der Waals surface area contributed by atoms with Gasteiger partial charge in [0.1, 0.15) is 0 Å². The summed E-state index contributed by atoms with van der Waals surface area (Å²) in [4.78, 5) is 21.2. The number of carbonyl (C=O) groups excluding carboxylic acids is 1. The molecule has 0 bridgehead atoms. The third-order valence-electron chi connectivity index (χ3n) is 6.38. The lowest BCUT2D eigenvalue weighted by atomic mass is 9.72. The van der Waals surface area contributed by atoms with Gasteiger partial charge in [0.25, 0.3) is 0 Å². The Labute approximate surface area is 172 Å². The summed E-state index contributed by atoms with van der Waals surface area (Å²) in [5.74, 6) is 0.320. The molecule has 5 heteroatoms. The van der Waals surface area contributed by atoms with Gasteiger partial charge in [-0.25, -0.2) is 0 Å². The molecule has 2 aromatic rings. The lowest BCUT2D eigenvalue weighted by Gasteiger charge is -2.47. The molecule has 28 heavy (non-hydrogen) atoms. The monoisotopic (exact) mass is 397 g/mol. The molecule has 1 amide bonds. The molecule has 4 rings (SSSR count). The van der Waals surface area contributed by atoms with Crippen molar-refractivity contribution in [2.24, 2.45) is 5.41 Å². The number of pyridine rings is 1. The molecule has 0 N–H and O–H groups in total. The van der Waals surface area contributed by atoms with Crippen molar-refractivity contribution in [3.05, 3.63) is 64.9 Å². The zero-order valence-electron chi connectivity index (χ0n) is 16.3. The first-order valence-corrected chi connectivity index (χ1v) is 10.6. The summed E-state index contributed by atoms with van der Waals surface area (Å²) in [6, 6.07) is 12.2. The van der Waals surface area contributed by atoms with Crippen molar-refractivity contribution in [1.29, 1.82) is 0 Å². The molecular weight excluding hydrogens is 370 g/mol. The highest BCUT2D eigenvalue weighted by atomic mass is 35.5. The highest BCUT2D eigenvalue weighted by molar-refractivity contribution is 6.30. The Kier molecular flexibility index (Phi) is 5.98. The van der Waals surface area contributed by atoms with Crippen LogP contribution in [-0.4, -0.2) is 46.9 Å². The van der Waals surface area contributed by atoms with Gasteiger partial charge < -0.3 is 4.90 Å². The molecule has 3 heterocycles. The number of hydrogen-bond acceptors (Lipinski definition) is 3. The maximum absolute atomic E-state index is 12.5. The molecule has 0 radical (unpaired) electrons. The number of carbonyl (C=O) groups is 1. The van der Waals surface area contributed by atoms with Crippen molar-refractivity contribution in [3.63, 3.8) is 0 Å². The second kappa shape index (κ2) is 8.62. The van der Waals surface area contributed by atoms with Gasteiger partial charge in [-0.3, -0.25) is 14.7 Å². The summed E-state index contributed by atoms with van der Waals surface area (Å²) in [7, 11) is 0. The van der Waals surface area contributed by atoms with Gasteiger partial charge in [0.2, 0.25) is 5.91 Å². The van der Waals surface area contributed by atoms with E-state index in [0.29, 0.717) is 17.7 Å². The highest BCUT2D eigenvalue weighted by Crippen LogP contribution is 2.40. The molecule has 1 aromatic heterocycles. The summed E-state index contributed by atoms with van der Waals surface area (Å²) in [5, 5.41) is 0.807. The largest absolute Gasteiger partial charge is 0.342 e. The van der Waals surface area contributed by atoms with Gasteiger partial charge in [-0.05, 0) is 79.6 Å². The number of halogens is 1. The molecule has 0 saturated carbocycles. The predicted octanol–water partition coefficient (Wildman–Crippen LogP) is 4.18. The van der Waals surface area contributed by atoms with E-state index >= 15 is 0 Å². The first-order valence-electron chi connectivity index (χ1n) is 10.3. The quantitative estimate of drug-likeness (QED) is 0.759. The SMILES string of the molecule is O=C1CCC2(CCN(Cc3cccc(Cl)c3)CC2)CN1CCc1ccncc1. The standard InChI is InChI=1S/C23H28ClN3O/c24-21-3-1-2-20(16-21)17-26-14-9-23(10-15-26)8-4-22(28)27(18-23)13-7-19-5-11-25-12-6-19/h1-3,5-6,11-12,16H,4,7-10,13-15,17-18H2. The Morgan fingerprint density at radius 3 is 2.57 bits per heavy atom. The number of hydrogen-bond donors (Lipinski definition) is 0. The first-order chi connectivity index (χ1) is 13.6. The van der Waals surface area contributed by atoms with Crippen LogP contribution in [0, 0.1) is 5.41 Å². The summed E-state index contributed by atoms with van der Waals surface area (Å²) >= 11 is 6.12. The van der Waals surface area contributed by atoms with Crippen LogP contribution in [0.15, 0.2) is 48.8 Å². The number of piperidine rings is 2. The second-order valence-electron chi connectivity index (χ2n) is 8.33. The summed E-state index contributed by atoms with van der Waals surface area (Å²) in [5.41, 5.74) is 2.83. The normalized spacial score (nSPS) is 19.9. The number of nitrogens with zero attached hydrogens (tertiary/aromatic N) is 3. The van der Waals surface area contributed by atoms with Crippen LogP contribution >= 0.6 is 11.6 Å². The van der Waals surface area contributed by atoms with Crippen molar-refractivity contribution in [2.75, 3.05) is 26.2 Å². The topological polar surface area (TPSA) is 36.4 Å². The molecule has 0 unspecified atom stereocenters. The van der Waals surface area contributed by atoms with Crippen molar-refractivity contribution < 1.29 is 4.79 Å². The number of amides is 1. The van der Waals surface area contributed by atoms with Gasteiger partial charge in [0.15, 0.2) is 0 Å². The maximum atomic E-state index is 12.5. The van der Waals surface area contributed by atoms with Crippen molar-refractivity contribution in [3.8, 4) is 0 Å². The Morgan fingerprint density at radius 2 is 1.82 bits per heavy atom. The Bertz CT molecular complexity index is 803. The van der Waals surface area contributed by atoms with Crippen LogP contribution in [0.25, 0.3) is 0 Å². The third-order valence-corrected chi connectivity index (χ3v) is 6.61. The van der Waals surface area contributed by atoms with Crippen LogP contribution in [0.1, 0.15) is 36.8 Å². The number of rotatable bonds is 5. The lowest BCUT2D eigenvalue weighted by molar-refractivity contribution is -0.139. The van der Waals surface area contributed by atoms with Crippen LogP contribution in [0.4, 0.5) is 0 Å². The fourth-order valence-electron chi connectivity index (χ4n) is 4.61. The predicted molar refractivity (Wildman–Crippen MR) is 112 cm³/mol. The van der Waals surface area contributed by atoms with Gasteiger partial charge in [0.05, 0.1) is 0 Å². The van der Waals surface area contributed by atoms with E-state index in [-0.39, 0.29) is 0 Å². The molecule has 1 aromatic carbocycles.